The summed E-state index contributed by atoms with van der Waals surface area (Å²) in [6.45, 7) is 19.7. The molecule has 8 rings (SSSR count). The molecule has 509 valence electrons. The van der Waals surface area contributed by atoms with Crippen molar-refractivity contribution in [2.45, 2.75) is 175 Å². The Morgan fingerprint density at radius 1 is 0.828 bits per heavy atom. The van der Waals surface area contributed by atoms with E-state index in [1.165, 1.54) is 30.0 Å². The van der Waals surface area contributed by atoms with Crippen molar-refractivity contribution in [3.8, 4) is 0 Å². The molecule has 1 aromatic heterocycles. The summed E-state index contributed by atoms with van der Waals surface area (Å²) in [4.78, 5) is 128. The third kappa shape index (κ3) is 14.9. The van der Waals surface area contributed by atoms with E-state index >= 15 is 0 Å². The number of nitrogens with zero attached hydrogens (tertiary/aromatic N) is 7. The molecule has 7 amide bonds. The Hall–Kier alpha value is -6.42. The number of hydrogen-bond donors (Lipinski definition) is 9. The van der Waals surface area contributed by atoms with Crippen molar-refractivity contribution in [2.75, 3.05) is 13.2 Å². The molecule has 6 aliphatic rings. The number of rotatable bonds is 26. The number of phosphoric acid groups is 1. The summed E-state index contributed by atoms with van der Waals surface area (Å²) in [5, 5.41) is 36.6. The Labute approximate surface area is 559 Å². The van der Waals surface area contributed by atoms with Gasteiger partial charge in [-0.3, -0.25) is 53.1 Å². The van der Waals surface area contributed by atoms with E-state index in [0.29, 0.717) is 56.4 Å². The molecule has 2 aromatic rings. The molecule has 7 heterocycles. The summed E-state index contributed by atoms with van der Waals surface area (Å²) in [5.41, 5.74) is 34.2. The molecule has 8 bridgehead atoms. The van der Waals surface area contributed by atoms with Gasteiger partial charge in [0, 0.05) is 108 Å². The van der Waals surface area contributed by atoms with E-state index in [1.807, 2.05) is 47.6 Å². The summed E-state index contributed by atoms with van der Waals surface area (Å²) in [6.07, 6.45) is -5.33. The summed E-state index contributed by atoms with van der Waals surface area (Å²) in [6, 6.07) is 1.91. The third-order valence-electron chi connectivity index (χ3n) is 19.9. The number of nitrogens with one attached hydrogen (secondary N) is 1. The zero-order valence-electron chi connectivity index (χ0n) is 53.2. The standard InChI is InChI=1S/C60H84Cl2N13O14P.CN.Co/c1-27(88-90(85,86)89-51-39(25-76)87-55(50(51)84)75-26-70-37-19-34(61)35(62)20-38(37)75)24-69-47(83)16-17-57(6)33(18-44(66)80)54-60(9)59(8,23-46(68)82)32(12-15-43(65)79)49(74-60)29(3)53-58(7,22-45(67)81)30(10-13-41(63)77)36(71-53)21-40-56(4,5)31(11-14-42(64)78)48(72-40)28(2)52(57)73-54;1-2;/h19-21,26-27,30-33,39,50-51,54-55,76,84H,10-18,22-25H2,1-9H3,(H15,63,64,65,66,67,68,69,71,72,73,74,77,78,79,80,81,82,83,85,86);;/q;-1;+2/p-2. The van der Waals surface area contributed by atoms with Crippen molar-refractivity contribution in [3.05, 3.63) is 74.7 Å². The molecule has 0 spiro atoms. The molecule has 2 saturated heterocycles. The van der Waals surface area contributed by atoms with Crippen LogP contribution in [-0.2, 0) is 68.7 Å². The fourth-order valence-electron chi connectivity index (χ4n) is 15.1. The molecule has 0 aliphatic carbocycles. The number of imidazole rings is 1. The van der Waals surface area contributed by atoms with Crippen LogP contribution < -0.4 is 44.6 Å². The van der Waals surface area contributed by atoms with Crippen LogP contribution in [0.5, 0.6) is 0 Å². The van der Waals surface area contributed by atoms with Gasteiger partial charge in [0.1, 0.15) is 18.3 Å². The SMILES string of the molecule is CC1=C2N=C(C=C3N=C(C(C)=C4[N-]C(C(CC(N)=O)C4(C)CCC(=O)NCC(C)OP(=O)([O-])OC4C(CO)OC(n5cnc6cc(Cl)c(Cl)cc65)C4O)C4(C)N=C1C(CCC(N)=O)C4(C)CC(N)=O)C(CCC(N)=O)C3(C)C)C(CCC(N)=O)C2(C)CC(N)=O.[C-]#N.[Co+2]. The minimum absolute atomic E-state index is 0. The first-order chi connectivity index (χ1) is 42.8. The van der Waals surface area contributed by atoms with Gasteiger partial charge in [-0.2, -0.15) is 5.70 Å². The monoisotopic (exact) mass is 1390 g/mol. The second kappa shape index (κ2) is 28.9. The summed E-state index contributed by atoms with van der Waals surface area (Å²) < 4.78 is 31.5. The topological polar surface area (TPSA) is 489 Å². The average molecular weight is 1400 g/mol. The number of ether oxygens (including phenoxy) is 1. The molecular weight excluding hydrogens is 1310 g/mol. The first kappa shape index (κ1) is 75.6. The number of amides is 7. The molecule has 93 heavy (non-hydrogen) atoms. The van der Waals surface area contributed by atoms with Crippen LogP contribution in [0.25, 0.3) is 16.4 Å². The maximum atomic E-state index is 14.3. The Balaban J connectivity index is 0.00000453. The number of aliphatic imine (C=N–C) groups is 3. The number of carbonyl (C=O) groups excluding carboxylic acids is 7. The van der Waals surface area contributed by atoms with E-state index < -0.39 is 143 Å². The van der Waals surface area contributed by atoms with Gasteiger partial charge in [0.15, 0.2) is 6.23 Å². The molecular formula is C61H82Cl2CoN14O14P-. The number of halogens is 2. The van der Waals surface area contributed by atoms with Gasteiger partial charge < -0.3 is 90.3 Å². The number of aliphatic hydroxyl groups is 2. The van der Waals surface area contributed by atoms with E-state index in [9.17, 15) is 53.2 Å². The van der Waals surface area contributed by atoms with Gasteiger partial charge in [0.2, 0.25) is 41.4 Å². The molecule has 6 aliphatic heterocycles. The normalized spacial score (nSPS) is 31.0. The van der Waals surface area contributed by atoms with E-state index in [-0.39, 0.29) is 104 Å². The van der Waals surface area contributed by atoms with Crippen LogP contribution in [0.15, 0.2) is 67.8 Å². The second-order valence-electron chi connectivity index (χ2n) is 26.3. The Kier molecular flexibility index (Phi) is 23.5. The van der Waals surface area contributed by atoms with E-state index in [2.05, 4.69) is 10.3 Å². The number of nitrogens with two attached hydrogens (primary N) is 6. The fourth-order valence-corrected chi connectivity index (χ4v) is 16.5. The molecule has 15 atom stereocenters. The molecule has 15 unspecified atom stereocenters. The molecule has 0 saturated carbocycles. The van der Waals surface area contributed by atoms with Crippen LogP contribution in [0.1, 0.15) is 139 Å². The van der Waals surface area contributed by atoms with Crippen molar-refractivity contribution in [2.24, 2.45) is 94.7 Å². The first-order valence-corrected chi connectivity index (χ1v) is 32.3. The maximum Gasteiger partial charge on any atom is 2.00 e. The van der Waals surface area contributed by atoms with Crippen molar-refractivity contribution in [1.82, 2.24) is 14.9 Å². The van der Waals surface area contributed by atoms with Crippen LogP contribution in [0, 0.1) is 57.2 Å². The fraction of sp³-hybridized carbons (Fsp3) is 0.607. The molecule has 1 aromatic carbocycles. The van der Waals surface area contributed by atoms with E-state index in [0.717, 1.165) is 0 Å². The zero-order valence-corrected chi connectivity index (χ0v) is 56.6. The number of hydrogen-bond acceptors (Lipinski definition) is 19. The van der Waals surface area contributed by atoms with E-state index in [4.69, 9.17) is 104 Å². The predicted octanol–water partition coefficient (Wildman–Crippen LogP) is 4.10. The number of allylic oxidation sites excluding steroid dienone is 6. The molecule has 2 fully saturated rings. The Bertz CT molecular complexity index is 3610. The van der Waals surface area contributed by atoms with Crippen LogP contribution in [-0.4, -0.2) is 127 Å². The molecule has 15 N–H and O–H groups in total. The number of carbonyl (C=O) groups is 7. The number of benzene rings is 1. The smallest absolute Gasteiger partial charge is 0.756 e. The van der Waals surface area contributed by atoms with Gasteiger partial charge in [-0.15, -0.1) is 0 Å². The largest absolute Gasteiger partial charge is 2.00 e. The van der Waals surface area contributed by atoms with Gasteiger partial charge in [-0.1, -0.05) is 63.9 Å². The van der Waals surface area contributed by atoms with Crippen molar-refractivity contribution >= 4 is 101 Å². The van der Waals surface area contributed by atoms with Crippen molar-refractivity contribution in [1.29, 1.82) is 5.26 Å². The minimum atomic E-state index is -5.36. The van der Waals surface area contributed by atoms with Gasteiger partial charge in [0.25, 0.3) is 7.82 Å². The van der Waals surface area contributed by atoms with Gasteiger partial charge in [0.05, 0.1) is 51.4 Å². The second-order valence-corrected chi connectivity index (χ2v) is 28.5. The predicted molar refractivity (Wildman–Crippen MR) is 337 cm³/mol. The quantitative estimate of drug-likeness (QED) is 0.0473. The molecule has 32 heteroatoms. The third-order valence-corrected chi connectivity index (χ3v) is 21.7. The first-order valence-electron chi connectivity index (χ1n) is 30.1. The number of primary amides is 6. The summed E-state index contributed by atoms with van der Waals surface area (Å²) in [5.74, 6) is -7.49. The average Bonchev–Trinajstić information content (AvgIpc) is 1.53. The maximum absolute atomic E-state index is 14.3. The number of aliphatic hydroxyl groups excluding tert-OH is 2. The number of aromatic nitrogens is 2. The molecule has 28 nitrogen and oxygen atoms in total. The van der Waals surface area contributed by atoms with Crippen LogP contribution in [0.2, 0.25) is 10.0 Å². The van der Waals surface area contributed by atoms with Crippen LogP contribution in [0.4, 0.5) is 0 Å². The number of fused-ring (bicyclic) bond motifs is 7. The Morgan fingerprint density at radius 2 is 1.41 bits per heavy atom. The Morgan fingerprint density at radius 3 is 1.98 bits per heavy atom. The van der Waals surface area contributed by atoms with Gasteiger partial charge >= 0.3 is 16.8 Å². The van der Waals surface area contributed by atoms with Crippen molar-refractivity contribution in [3.63, 3.8) is 0 Å². The van der Waals surface area contributed by atoms with Gasteiger partial charge in [-0.25, -0.2) is 4.98 Å². The molecule has 1 radical (unpaired) electrons. The van der Waals surface area contributed by atoms with Gasteiger partial charge in [-0.05, 0) is 94.1 Å². The van der Waals surface area contributed by atoms with Crippen LogP contribution in [0.3, 0.4) is 0 Å². The zero-order chi connectivity index (χ0) is 68.7. The number of phosphoric ester groups is 1. The van der Waals surface area contributed by atoms with Crippen LogP contribution >= 0.6 is 31.0 Å². The van der Waals surface area contributed by atoms with Crippen molar-refractivity contribution < 1.29 is 83.8 Å². The summed E-state index contributed by atoms with van der Waals surface area (Å²) in [7, 11) is -5.36. The minimum Gasteiger partial charge on any atom is -0.756 e. The summed E-state index contributed by atoms with van der Waals surface area (Å²) >= 11 is 12.4. The van der Waals surface area contributed by atoms with E-state index in [1.54, 1.807) is 13.8 Å².